The van der Waals surface area contributed by atoms with Crippen molar-refractivity contribution >= 4 is 81.0 Å². The Bertz CT molecular complexity index is 2490. The third-order valence-corrected chi connectivity index (χ3v) is 9.78. The highest BCUT2D eigenvalue weighted by Gasteiger charge is 2.17. The highest BCUT2D eigenvalue weighted by molar-refractivity contribution is 7.25. The topological polar surface area (TPSA) is 16.1 Å². The molecule has 0 fully saturated rings. The number of fused-ring (bicyclic) bond motifs is 8. The summed E-state index contributed by atoms with van der Waals surface area (Å²) in [6.45, 7) is 0. The van der Waals surface area contributed by atoms with E-state index in [-0.39, 0.29) is 0 Å². The van der Waals surface area contributed by atoms with Crippen molar-refractivity contribution in [3.05, 3.63) is 158 Å². The van der Waals surface area contributed by atoms with Gasteiger partial charge in [0.15, 0.2) is 0 Å². The van der Waals surface area contributed by atoms with E-state index in [1.54, 1.807) is 11.3 Å². The van der Waals surface area contributed by atoms with Gasteiger partial charge in [0.05, 0.1) is 10.2 Å². The van der Waals surface area contributed by atoms with Gasteiger partial charge in [0.2, 0.25) is 0 Å². The Morgan fingerprint density at radius 1 is 0.432 bits per heavy atom. The van der Waals surface area contributed by atoms with Crippen LogP contribution in [0.2, 0.25) is 0 Å². The van der Waals surface area contributed by atoms with E-state index in [1.165, 1.54) is 58.2 Å². The molecule has 2 aromatic heterocycles. The summed E-state index contributed by atoms with van der Waals surface area (Å²) >= 11 is 1.80. The molecule has 0 aliphatic carbocycles. The van der Waals surface area contributed by atoms with Gasteiger partial charge in [-0.1, -0.05) is 97.1 Å². The van der Waals surface area contributed by atoms with E-state index in [4.69, 9.17) is 0 Å². The fraction of sp³-hybridized carbons (Fsp3) is 0. The Morgan fingerprint density at radius 2 is 1.09 bits per heavy atom. The molecule has 206 valence electrons. The van der Waals surface area contributed by atoms with Crippen LogP contribution in [0.15, 0.2) is 158 Å². The van der Waals surface area contributed by atoms with Gasteiger partial charge in [-0.25, -0.2) is 0 Å². The standard InChI is InChI=1S/C41H26N2S/c1-2-7-27(8-3-1)28-16-18-32(19-17-28)43(34-21-23-37-39(26-34)44-38-11-6-24-42-41(37)38)33-20-22-36-31(25-33)15-14-30-13-12-29-9-4-5-10-35(29)40(30)36/h1-26H. The van der Waals surface area contributed by atoms with E-state index in [9.17, 15) is 0 Å². The van der Waals surface area contributed by atoms with Gasteiger partial charge >= 0.3 is 0 Å². The van der Waals surface area contributed by atoms with E-state index in [2.05, 4.69) is 155 Å². The minimum absolute atomic E-state index is 1.07. The van der Waals surface area contributed by atoms with Crippen molar-refractivity contribution in [1.29, 1.82) is 0 Å². The Kier molecular flexibility index (Phi) is 5.71. The molecule has 0 aliphatic heterocycles. The number of thiophene rings is 1. The molecule has 0 radical (unpaired) electrons. The Hall–Kier alpha value is -5.51. The lowest BCUT2D eigenvalue weighted by Crippen LogP contribution is -2.09. The Labute approximate surface area is 259 Å². The highest BCUT2D eigenvalue weighted by atomic mass is 32.1. The van der Waals surface area contributed by atoms with Gasteiger partial charge in [-0.3, -0.25) is 4.98 Å². The molecule has 9 aromatic rings. The van der Waals surface area contributed by atoms with Crippen LogP contribution in [0, 0.1) is 0 Å². The van der Waals surface area contributed by atoms with Gasteiger partial charge in [-0.15, -0.1) is 11.3 Å². The number of hydrogen-bond donors (Lipinski definition) is 0. The average molecular weight is 579 g/mol. The summed E-state index contributed by atoms with van der Waals surface area (Å²) in [7, 11) is 0. The van der Waals surface area contributed by atoms with Crippen LogP contribution >= 0.6 is 11.3 Å². The Morgan fingerprint density at radius 3 is 1.95 bits per heavy atom. The van der Waals surface area contributed by atoms with Crippen molar-refractivity contribution in [3.63, 3.8) is 0 Å². The number of nitrogens with zero attached hydrogens (tertiary/aromatic N) is 2. The molecule has 9 rings (SSSR count). The van der Waals surface area contributed by atoms with Crippen molar-refractivity contribution < 1.29 is 0 Å². The quantitative estimate of drug-likeness (QED) is 0.193. The smallest absolute Gasteiger partial charge is 0.0888 e. The van der Waals surface area contributed by atoms with Crippen molar-refractivity contribution in [2.45, 2.75) is 0 Å². The molecule has 44 heavy (non-hydrogen) atoms. The monoisotopic (exact) mass is 578 g/mol. The van der Waals surface area contributed by atoms with Crippen LogP contribution in [-0.2, 0) is 0 Å². The summed E-state index contributed by atoms with van der Waals surface area (Å²) in [5.74, 6) is 0. The number of pyridine rings is 1. The fourth-order valence-electron chi connectivity index (χ4n) is 6.57. The van der Waals surface area contributed by atoms with E-state index in [0.717, 1.165) is 22.6 Å². The van der Waals surface area contributed by atoms with Gasteiger partial charge in [0.25, 0.3) is 0 Å². The van der Waals surface area contributed by atoms with Gasteiger partial charge < -0.3 is 4.90 Å². The fourth-order valence-corrected chi connectivity index (χ4v) is 7.66. The second-order valence-electron chi connectivity index (χ2n) is 11.2. The lowest BCUT2D eigenvalue weighted by atomic mass is 9.96. The molecule has 2 heterocycles. The van der Waals surface area contributed by atoms with Crippen molar-refractivity contribution in [3.8, 4) is 11.1 Å². The molecule has 2 nitrogen and oxygen atoms in total. The molecule has 0 saturated carbocycles. The maximum Gasteiger partial charge on any atom is 0.0888 e. The minimum atomic E-state index is 1.07. The first kappa shape index (κ1) is 25.0. The molecule has 0 N–H and O–H groups in total. The molecule has 0 amide bonds. The van der Waals surface area contributed by atoms with E-state index in [0.29, 0.717) is 0 Å². The normalized spacial score (nSPS) is 11.6. The van der Waals surface area contributed by atoms with Gasteiger partial charge in [0.1, 0.15) is 0 Å². The number of rotatable bonds is 4. The summed E-state index contributed by atoms with van der Waals surface area (Å²) in [4.78, 5) is 7.05. The number of aromatic nitrogens is 1. The van der Waals surface area contributed by atoms with E-state index in [1.807, 2.05) is 12.3 Å². The summed E-state index contributed by atoms with van der Waals surface area (Å²) in [5.41, 5.74) is 6.87. The molecule has 0 bridgehead atoms. The SMILES string of the molecule is c1ccc(-c2ccc(N(c3ccc4c(ccc5ccc6ccccc6c54)c3)c3ccc4c(c3)sc3cccnc34)cc2)cc1. The van der Waals surface area contributed by atoms with Gasteiger partial charge in [-0.2, -0.15) is 0 Å². The maximum absolute atomic E-state index is 4.68. The van der Waals surface area contributed by atoms with Crippen LogP contribution in [-0.4, -0.2) is 4.98 Å². The van der Waals surface area contributed by atoms with Gasteiger partial charge in [0, 0.05) is 33.3 Å². The number of benzene rings is 7. The minimum Gasteiger partial charge on any atom is -0.310 e. The molecule has 3 heteroatoms. The van der Waals surface area contributed by atoms with Crippen LogP contribution in [0.1, 0.15) is 0 Å². The zero-order chi connectivity index (χ0) is 29.0. The Balaban J connectivity index is 1.24. The number of hydrogen-bond acceptors (Lipinski definition) is 3. The molecule has 0 aliphatic rings. The molecular formula is C41H26N2S. The van der Waals surface area contributed by atoms with Crippen LogP contribution in [0.5, 0.6) is 0 Å². The van der Waals surface area contributed by atoms with Crippen LogP contribution in [0.3, 0.4) is 0 Å². The maximum atomic E-state index is 4.68. The first-order chi connectivity index (χ1) is 21.8. The predicted octanol–water partition coefficient (Wildman–Crippen LogP) is 12.0. The molecule has 0 atom stereocenters. The van der Waals surface area contributed by atoms with Crippen LogP contribution in [0.25, 0.3) is 63.7 Å². The summed E-state index contributed by atoms with van der Waals surface area (Å²) < 4.78 is 2.45. The van der Waals surface area contributed by atoms with Crippen molar-refractivity contribution in [2.24, 2.45) is 0 Å². The van der Waals surface area contributed by atoms with E-state index >= 15 is 0 Å². The first-order valence-corrected chi connectivity index (χ1v) is 15.7. The van der Waals surface area contributed by atoms with Gasteiger partial charge in [-0.05, 0) is 98.0 Å². The third-order valence-electron chi connectivity index (χ3n) is 8.67. The molecule has 7 aromatic carbocycles. The van der Waals surface area contributed by atoms with Crippen LogP contribution in [0.4, 0.5) is 17.1 Å². The zero-order valence-corrected chi connectivity index (χ0v) is 24.6. The molecular weight excluding hydrogens is 553 g/mol. The zero-order valence-electron chi connectivity index (χ0n) is 23.8. The largest absolute Gasteiger partial charge is 0.310 e. The molecule has 0 saturated heterocycles. The summed E-state index contributed by atoms with van der Waals surface area (Å²) in [5, 5.41) is 8.83. The lowest BCUT2D eigenvalue weighted by molar-refractivity contribution is 1.30. The second-order valence-corrected chi connectivity index (χ2v) is 12.3. The first-order valence-electron chi connectivity index (χ1n) is 14.9. The third kappa shape index (κ3) is 4.05. The number of anilines is 3. The molecule has 0 spiro atoms. The summed E-state index contributed by atoms with van der Waals surface area (Å²) in [6.07, 6.45) is 1.88. The van der Waals surface area contributed by atoms with Crippen molar-refractivity contribution in [2.75, 3.05) is 4.90 Å². The van der Waals surface area contributed by atoms with Crippen molar-refractivity contribution in [1.82, 2.24) is 4.98 Å². The highest BCUT2D eigenvalue weighted by Crippen LogP contribution is 2.42. The average Bonchev–Trinajstić information content (AvgIpc) is 3.47. The molecule has 0 unspecified atom stereocenters. The van der Waals surface area contributed by atoms with Crippen LogP contribution < -0.4 is 4.90 Å². The summed E-state index contributed by atoms with van der Waals surface area (Å²) in [6, 6.07) is 55.0. The van der Waals surface area contributed by atoms with E-state index < -0.39 is 0 Å². The predicted molar refractivity (Wildman–Crippen MR) is 190 cm³/mol. The lowest BCUT2D eigenvalue weighted by Gasteiger charge is -2.26. The second kappa shape index (κ2) is 10.0.